The van der Waals surface area contributed by atoms with Gasteiger partial charge in [-0.15, -0.1) is 11.3 Å². The van der Waals surface area contributed by atoms with Gasteiger partial charge in [-0.3, -0.25) is 4.79 Å². The first-order valence-electron chi connectivity index (χ1n) is 6.90. The highest BCUT2D eigenvalue weighted by Crippen LogP contribution is 2.45. The Morgan fingerprint density at radius 3 is 2.45 bits per heavy atom. The summed E-state index contributed by atoms with van der Waals surface area (Å²) in [4.78, 5) is 16.5. The Bertz CT molecular complexity index is 458. The monoisotopic (exact) mass is 299 g/mol. The minimum absolute atomic E-state index is 0.0800. The summed E-state index contributed by atoms with van der Waals surface area (Å²) in [6.07, 6.45) is 2.23. The topological polar surface area (TPSA) is 58.8 Å². The van der Waals surface area contributed by atoms with Gasteiger partial charge in [0.15, 0.2) is 5.75 Å². The molecule has 1 aromatic rings. The van der Waals surface area contributed by atoms with Crippen molar-refractivity contribution in [2.75, 3.05) is 44.9 Å². The van der Waals surface area contributed by atoms with Crippen molar-refractivity contribution >= 4 is 27.9 Å². The van der Waals surface area contributed by atoms with Crippen LogP contribution in [-0.4, -0.2) is 45.1 Å². The molecule has 0 aromatic carbocycles. The maximum absolute atomic E-state index is 12.2. The van der Waals surface area contributed by atoms with Crippen molar-refractivity contribution in [2.45, 2.75) is 26.7 Å². The van der Waals surface area contributed by atoms with Gasteiger partial charge in [-0.25, -0.2) is 0 Å². The normalized spacial score (nSPS) is 10.4. The van der Waals surface area contributed by atoms with Gasteiger partial charge in [0.2, 0.25) is 0 Å². The number of nitrogens with two attached hydrogens (primary N) is 1. The van der Waals surface area contributed by atoms with Crippen molar-refractivity contribution in [2.24, 2.45) is 0 Å². The van der Waals surface area contributed by atoms with E-state index in [4.69, 9.17) is 10.5 Å². The molecule has 1 rings (SSSR count). The summed E-state index contributed by atoms with van der Waals surface area (Å²) >= 11 is 1.41. The van der Waals surface area contributed by atoms with Crippen LogP contribution < -0.4 is 15.4 Å². The molecule has 1 amide bonds. The van der Waals surface area contributed by atoms with Crippen LogP contribution in [0.5, 0.6) is 5.75 Å². The van der Waals surface area contributed by atoms with Gasteiger partial charge in [-0.05, 0) is 13.3 Å². The van der Waals surface area contributed by atoms with Crippen molar-refractivity contribution in [3.05, 3.63) is 4.88 Å². The number of methoxy groups -OCH3 is 1. The first-order chi connectivity index (χ1) is 9.47. The highest BCUT2D eigenvalue weighted by atomic mass is 32.1. The molecule has 0 saturated carbocycles. The summed E-state index contributed by atoms with van der Waals surface area (Å²) in [5, 5.41) is 0.950. The Labute approximate surface area is 125 Å². The summed E-state index contributed by atoms with van der Waals surface area (Å²) < 4.78 is 5.42. The van der Waals surface area contributed by atoms with Gasteiger partial charge < -0.3 is 20.3 Å². The number of rotatable bonds is 7. The van der Waals surface area contributed by atoms with Gasteiger partial charge in [0, 0.05) is 27.2 Å². The molecule has 1 heterocycles. The molecule has 0 radical (unpaired) electrons. The number of ether oxygens (including phenoxy) is 1. The molecule has 0 saturated heterocycles. The minimum Gasteiger partial charge on any atom is -0.492 e. The summed E-state index contributed by atoms with van der Waals surface area (Å²) in [5.74, 6) is 0.543. The lowest BCUT2D eigenvalue weighted by atomic mass is 10.3. The maximum atomic E-state index is 12.2. The van der Waals surface area contributed by atoms with Crippen molar-refractivity contribution in [3.8, 4) is 5.75 Å². The number of hydrogen-bond acceptors (Lipinski definition) is 5. The van der Waals surface area contributed by atoms with E-state index in [9.17, 15) is 4.79 Å². The third kappa shape index (κ3) is 3.36. The van der Waals surface area contributed by atoms with E-state index in [-0.39, 0.29) is 5.91 Å². The van der Waals surface area contributed by atoms with E-state index in [1.54, 1.807) is 21.2 Å². The molecule has 5 nitrogen and oxygen atoms in total. The number of thiophene rings is 1. The van der Waals surface area contributed by atoms with Crippen molar-refractivity contribution in [1.29, 1.82) is 0 Å². The second-order valence-electron chi connectivity index (χ2n) is 4.82. The first kappa shape index (κ1) is 16.6. The fourth-order valence-corrected chi connectivity index (χ4v) is 3.24. The van der Waals surface area contributed by atoms with Gasteiger partial charge in [0.1, 0.15) is 15.6 Å². The zero-order valence-corrected chi connectivity index (χ0v) is 13.8. The maximum Gasteiger partial charge on any atom is 0.265 e. The summed E-state index contributed by atoms with van der Waals surface area (Å²) in [7, 11) is 5.05. The van der Waals surface area contributed by atoms with Crippen LogP contribution in [0.15, 0.2) is 0 Å². The van der Waals surface area contributed by atoms with Crippen LogP contribution in [0.2, 0.25) is 0 Å². The summed E-state index contributed by atoms with van der Waals surface area (Å²) in [5.41, 5.74) is 6.53. The van der Waals surface area contributed by atoms with Gasteiger partial charge in [-0.2, -0.15) is 0 Å². The Hall–Kier alpha value is -1.43. The second kappa shape index (κ2) is 7.38. The van der Waals surface area contributed by atoms with Crippen molar-refractivity contribution < 1.29 is 9.53 Å². The molecule has 0 aliphatic carbocycles. The molecule has 114 valence electrons. The molecule has 0 unspecified atom stereocenters. The Morgan fingerprint density at radius 1 is 1.35 bits per heavy atom. The number of amides is 1. The summed E-state index contributed by atoms with van der Waals surface area (Å²) in [6.45, 7) is 6.07. The lowest BCUT2D eigenvalue weighted by Crippen LogP contribution is -2.23. The first-order valence-corrected chi connectivity index (χ1v) is 7.72. The van der Waals surface area contributed by atoms with Crippen LogP contribution in [0.4, 0.5) is 10.7 Å². The van der Waals surface area contributed by atoms with Crippen LogP contribution in [-0.2, 0) is 0 Å². The predicted molar refractivity (Wildman–Crippen MR) is 86.1 cm³/mol. The molecule has 2 N–H and O–H groups in total. The molecule has 0 atom stereocenters. The zero-order valence-electron chi connectivity index (χ0n) is 13.0. The van der Waals surface area contributed by atoms with E-state index in [2.05, 4.69) is 18.7 Å². The van der Waals surface area contributed by atoms with E-state index in [1.807, 2.05) is 0 Å². The molecule has 0 spiro atoms. The average Bonchev–Trinajstić information content (AvgIpc) is 2.75. The fraction of sp³-hybridized carbons (Fsp3) is 0.643. The number of unbranched alkanes of at least 4 members (excludes halogenated alkanes) is 1. The molecule has 0 aliphatic rings. The molecule has 20 heavy (non-hydrogen) atoms. The number of hydrogen-bond donors (Lipinski definition) is 1. The number of carbonyl (C=O) groups is 1. The van der Waals surface area contributed by atoms with Gasteiger partial charge >= 0.3 is 0 Å². The molecule has 0 aliphatic heterocycles. The van der Waals surface area contributed by atoms with Gasteiger partial charge in [0.25, 0.3) is 5.91 Å². The largest absolute Gasteiger partial charge is 0.492 e. The lowest BCUT2D eigenvalue weighted by Gasteiger charge is -2.22. The Balaban J connectivity index is 3.18. The van der Waals surface area contributed by atoms with Crippen LogP contribution in [0, 0.1) is 0 Å². The zero-order chi connectivity index (χ0) is 15.3. The quantitative estimate of drug-likeness (QED) is 0.841. The van der Waals surface area contributed by atoms with Gasteiger partial charge in [0.05, 0.1) is 7.11 Å². The average molecular weight is 299 g/mol. The SMILES string of the molecule is CCCCN(CC)c1sc(C(=O)N(C)C)c(N)c1OC. The van der Waals surface area contributed by atoms with Crippen LogP contribution in [0.25, 0.3) is 0 Å². The van der Waals surface area contributed by atoms with E-state index in [0.29, 0.717) is 16.3 Å². The number of carbonyl (C=O) groups excluding carboxylic acids is 1. The summed E-state index contributed by atoms with van der Waals surface area (Å²) in [6, 6.07) is 0. The molecular weight excluding hydrogens is 274 g/mol. The Kier molecular flexibility index (Phi) is 6.13. The van der Waals surface area contributed by atoms with E-state index in [0.717, 1.165) is 30.9 Å². The fourth-order valence-electron chi connectivity index (χ4n) is 1.94. The number of nitrogen functional groups attached to an aromatic ring is 1. The van der Waals surface area contributed by atoms with Gasteiger partial charge in [-0.1, -0.05) is 13.3 Å². The number of anilines is 2. The van der Waals surface area contributed by atoms with Crippen LogP contribution in [0.3, 0.4) is 0 Å². The predicted octanol–water partition coefficient (Wildman–Crippen LogP) is 2.67. The molecule has 1 aromatic heterocycles. The lowest BCUT2D eigenvalue weighted by molar-refractivity contribution is 0.0833. The van der Waals surface area contributed by atoms with Crippen LogP contribution in [0.1, 0.15) is 36.4 Å². The third-order valence-electron chi connectivity index (χ3n) is 3.14. The minimum atomic E-state index is -0.0800. The highest BCUT2D eigenvalue weighted by molar-refractivity contribution is 7.19. The van der Waals surface area contributed by atoms with Crippen LogP contribution >= 0.6 is 11.3 Å². The van der Waals surface area contributed by atoms with Crippen molar-refractivity contribution in [1.82, 2.24) is 4.90 Å². The van der Waals surface area contributed by atoms with E-state index < -0.39 is 0 Å². The number of nitrogens with zero attached hydrogens (tertiary/aromatic N) is 2. The molecule has 0 bridgehead atoms. The highest BCUT2D eigenvalue weighted by Gasteiger charge is 2.25. The standard InChI is InChI=1S/C14H25N3O2S/c1-6-8-9-17(7-2)14-11(19-5)10(15)12(20-14)13(18)16(3)4/h6-9,15H2,1-5H3. The van der Waals surface area contributed by atoms with E-state index in [1.165, 1.54) is 16.2 Å². The van der Waals surface area contributed by atoms with E-state index >= 15 is 0 Å². The molecular formula is C14H25N3O2S. The second-order valence-corrected chi connectivity index (χ2v) is 5.82. The van der Waals surface area contributed by atoms with Crippen molar-refractivity contribution in [3.63, 3.8) is 0 Å². The molecule has 6 heteroatoms. The third-order valence-corrected chi connectivity index (χ3v) is 4.37. The molecule has 0 fully saturated rings. The Morgan fingerprint density at radius 2 is 2.00 bits per heavy atom. The smallest absolute Gasteiger partial charge is 0.265 e.